The van der Waals surface area contributed by atoms with Crippen LogP contribution in [0.5, 0.6) is 34.5 Å². The van der Waals surface area contributed by atoms with Crippen LogP contribution in [0.2, 0.25) is 0 Å². The molecule has 64 heavy (non-hydrogen) atoms. The summed E-state index contributed by atoms with van der Waals surface area (Å²) in [5, 5.41) is 0. The van der Waals surface area contributed by atoms with Gasteiger partial charge >= 0.3 is 18.1 Å². The van der Waals surface area contributed by atoms with Crippen molar-refractivity contribution in [1.29, 1.82) is 0 Å². The summed E-state index contributed by atoms with van der Waals surface area (Å²) in [5.41, 5.74) is 6.98. The van der Waals surface area contributed by atoms with Gasteiger partial charge in [0.2, 0.25) is 0 Å². The summed E-state index contributed by atoms with van der Waals surface area (Å²) in [6.45, 7) is 2.79. The summed E-state index contributed by atoms with van der Waals surface area (Å²) < 4.78 is 31.8. The lowest BCUT2D eigenvalue weighted by atomic mass is 9.65. The van der Waals surface area contributed by atoms with E-state index in [9.17, 15) is 14.4 Å². The van der Waals surface area contributed by atoms with Crippen molar-refractivity contribution in [3.63, 3.8) is 0 Å². The number of methoxy groups -OCH3 is 2. The van der Waals surface area contributed by atoms with Crippen molar-refractivity contribution in [1.82, 2.24) is 0 Å². The molecule has 9 heteroatoms. The van der Waals surface area contributed by atoms with Crippen LogP contribution in [0.1, 0.15) is 100 Å². The first-order valence-electron chi connectivity index (χ1n) is 22.1. The molecule has 0 atom stereocenters. The van der Waals surface area contributed by atoms with Crippen molar-refractivity contribution in [3.05, 3.63) is 168 Å². The molecule has 0 saturated heterocycles. The molecule has 0 spiro atoms. The molecule has 6 aromatic carbocycles. The van der Waals surface area contributed by atoms with Crippen molar-refractivity contribution in [2.24, 2.45) is 0 Å². The van der Waals surface area contributed by atoms with Gasteiger partial charge in [0.1, 0.15) is 34.5 Å². The number of benzene rings is 6. The van der Waals surface area contributed by atoms with E-state index in [2.05, 4.69) is 48.5 Å². The normalized spacial score (nSPS) is 15.0. The van der Waals surface area contributed by atoms with E-state index < -0.39 is 6.16 Å². The highest BCUT2D eigenvalue weighted by atomic mass is 16.7. The number of hydrogen-bond acceptors (Lipinski definition) is 9. The zero-order valence-electron chi connectivity index (χ0n) is 37.1. The second kappa shape index (κ2) is 21.0. The lowest BCUT2D eigenvalue weighted by molar-refractivity contribution is -0.132. The number of hydrogen-bond donors (Lipinski definition) is 0. The van der Waals surface area contributed by atoms with Gasteiger partial charge in [-0.15, -0.1) is 0 Å². The topological polar surface area (TPSA) is 107 Å². The quantitative estimate of drug-likeness (QED) is 0.0715. The van der Waals surface area contributed by atoms with E-state index in [0.29, 0.717) is 23.0 Å². The molecule has 0 heterocycles. The highest BCUT2D eigenvalue weighted by molar-refractivity contribution is 5.71. The van der Waals surface area contributed by atoms with Crippen LogP contribution in [0.15, 0.2) is 146 Å². The predicted octanol–water partition coefficient (Wildman–Crippen LogP) is 13.0. The van der Waals surface area contributed by atoms with E-state index in [4.69, 9.17) is 28.4 Å². The molecule has 0 unspecified atom stereocenters. The van der Waals surface area contributed by atoms with Gasteiger partial charge in [0.15, 0.2) is 0 Å². The molecule has 2 aliphatic rings. The molecule has 6 aromatic rings. The Kier molecular flexibility index (Phi) is 14.8. The lowest BCUT2D eigenvalue weighted by Gasteiger charge is -2.38. The molecule has 0 bridgehead atoms. The van der Waals surface area contributed by atoms with Crippen LogP contribution >= 0.6 is 0 Å². The average Bonchev–Trinajstić information content (AvgIpc) is 3.33. The largest absolute Gasteiger partial charge is 0.519 e. The van der Waals surface area contributed by atoms with Crippen LogP contribution in [0, 0.1) is 0 Å². The number of esters is 2. The smallest absolute Gasteiger partial charge is 0.497 e. The molecular weight excluding hydrogens is 805 g/mol. The maximum Gasteiger partial charge on any atom is 0.519 e. The maximum atomic E-state index is 12.5. The Labute approximate surface area is 376 Å². The molecule has 330 valence electrons. The average molecular weight is 861 g/mol. The number of carbonyl (C=O) groups is 3. The zero-order chi connectivity index (χ0) is 44.9. The third-order valence-electron chi connectivity index (χ3n) is 12.5. The fraction of sp³-hybridized carbons (Fsp3) is 0.291. The van der Waals surface area contributed by atoms with Crippen molar-refractivity contribution in [3.8, 4) is 45.6 Å². The number of carbonyl (C=O) groups excluding carboxylic acids is 3. The molecule has 2 aliphatic carbocycles. The first-order chi connectivity index (χ1) is 31.1. The van der Waals surface area contributed by atoms with Gasteiger partial charge in [-0.2, -0.15) is 0 Å². The molecular formula is C55H56O9. The summed E-state index contributed by atoms with van der Waals surface area (Å²) in [6, 6.07) is 46.9. The molecule has 8 rings (SSSR count). The Morgan fingerprint density at radius 1 is 0.344 bits per heavy atom. The molecule has 2 saturated carbocycles. The van der Waals surface area contributed by atoms with Gasteiger partial charge in [0.25, 0.3) is 0 Å². The Bertz CT molecular complexity index is 2440. The van der Waals surface area contributed by atoms with Crippen molar-refractivity contribution >= 4 is 18.1 Å². The minimum absolute atomic E-state index is 0.0409. The Balaban J connectivity index is 0.000000217. The van der Waals surface area contributed by atoms with Gasteiger partial charge in [-0.25, -0.2) is 4.79 Å². The van der Waals surface area contributed by atoms with Gasteiger partial charge in [-0.1, -0.05) is 111 Å². The second-order valence-corrected chi connectivity index (χ2v) is 16.5. The van der Waals surface area contributed by atoms with Gasteiger partial charge in [-0.05, 0) is 132 Å². The van der Waals surface area contributed by atoms with Gasteiger partial charge in [-0.3, -0.25) is 9.59 Å². The summed E-state index contributed by atoms with van der Waals surface area (Å²) in [5.74, 6) is 2.98. The van der Waals surface area contributed by atoms with Gasteiger partial charge in [0, 0.05) is 24.7 Å². The second-order valence-electron chi connectivity index (χ2n) is 16.5. The number of rotatable bonds is 11. The fourth-order valence-corrected chi connectivity index (χ4v) is 9.28. The van der Waals surface area contributed by atoms with Crippen LogP contribution in [-0.2, 0) is 20.4 Å². The summed E-state index contributed by atoms with van der Waals surface area (Å²) in [6.07, 6.45) is 11.0. The monoisotopic (exact) mass is 860 g/mol. The van der Waals surface area contributed by atoms with E-state index in [1.807, 2.05) is 72.8 Å². The third-order valence-corrected chi connectivity index (χ3v) is 12.5. The van der Waals surface area contributed by atoms with Crippen molar-refractivity contribution in [2.45, 2.75) is 88.9 Å². The van der Waals surface area contributed by atoms with Crippen LogP contribution < -0.4 is 28.4 Å². The Morgan fingerprint density at radius 3 is 0.859 bits per heavy atom. The highest BCUT2D eigenvalue weighted by Gasteiger charge is 2.37. The molecule has 0 radical (unpaired) electrons. The molecule has 0 N–H and O–H groups in total. The molecule has 2 fully saturated rings. The van der Waals surface area contributed by atoms with Crippen molar-refractivity contribution in [2.75, 3.05) is 14.2 Å². The molecule has 0 amide bonds. The van der Waals surface area contributed by atoms with Gasteiger partial charge < -0.3 is 28.4 Å². The van der Waals surface area contributed by atoms with Crippen molar-refractivity contribution < 1.29 is 42.8 Å². The van der Waals surface area contributed by atoms with E-state index in [1.54, 1.807) is 38.5 Å². The van der Waals surface area contributed by atoms with Crippen LogP contribution in [-0.4, -0.2) is 32.3 Å². The molecule has 0 aromatic heterocycles. The SMILES string of the molecule is COc1ccc(C2(c3ccc(OC(=O)Oc4ccc(-c5ccc(OC(C)=O)cc5)cc4)cc3)CCCCC2)cc1.COc1ccc(C2(c3ccc(OC(C)=O)cc3)CCCCC2)cc1. The summed E-state index contributed by atoms with van der Waals surface area (Å²) in [4.78, 5) is 34.7. The van der Waals surface area contributed by atoms with Crippen LogP contribution in [0.3, 0.4) is 0 Å². The van der Waals surface area contributed by atoms with E-state index in [0.717, 1.165) is 48.3 Å². The lowest BCUT2D eigenvalue weighted by Crippen LogP contribution is -2.30. The molecule has 0 aliphatic heterocycles. The predicted molar refractivity (Wildman–Crippen MR) is 248 cm³/mol. The summed E-state index contributed by atoms with van der Waals surface area (Å²) >= 11 is 0. The third kappa shape index (κ3) is 11.0. The van der Waals surface area contributed by atoms with E-state index >= 15 is 0 Å². The molecule has 9 nitrogen and oxygen atoms in total. The maximum absolute atomic E-state index is 12.5. The first-order valence-corrected chi connectivity index (χ1v) is 22.1. The standard InChI is InChI=1S/C34H32O6.C21H24O3/c1-24(35)38-30-14-6-25(7-15-30)26-8-16-31(17-9-26)39-33(36)40-32-20-12-28(13-21-32)34(22-4-3-5-23-34)27-10-18-29(37-2)19-11-27;1-16(22)24-20-12-8-18(9-13-20)21(14-4-3-5-15-21)17-6-10-19(23-2)11-7-17/h6-21H,3-5,22-23H2,1-2H3;6-13H,3-5,14-15H2,1-2H3. The zero-order valence-corrected chi connectivity index (χ0v) is 37.1. The minimum atomic E-state index is -0.797. The number of ether oxygens (including phenoxy) is 6. The van der Waals surface area contributed by atoms with Crippen LogP contribution in [0.25, 0.3) is 11.1 Å². The minimum Gasteiger partial charge on any atom is -0.497 e. The highest BCUT2D eigenvalue weighted by Crippen LogP contribution is 2.47. The van der Waals surface area contributed by atoms with Gasteiger partial charge in [0.05, 0.1) is 14.2 Å². The first kappa shape index (κ1) is 45.2. The fourth-order valence-electron chi connectivity index (χ4n) is 9.28. The Hall–Kier alpha value is -6.87. The summed E-state index contributed by atoms with van der Waals surface area (Å²) in [7, 11) is 3.37. The van der Waals surface area contributed by atoms with E-state index in [-0.39, 0.29) is 22.8 Å². The van der Waals surface area contributed by atoms with E-state index in [1.165, 1.54) is 74.6 Å². The van der Waals surface area contributed by atoms with Crippen LogP contribution in [0.4, 0.5) is 4.79 Å². The Morgan fingerprint density at radius 2 is 0.594 bits per heavy atom.